The average Bonchev–Trinajstić information content (AvgIpc) is 3.76. The fourth-order valence-electron chi connectivity index (χ4n) is 8.50. The minimum atomic E-state index is -0.268. The van der Waals surface area contributed by atoms with Crippen molar-refractivity contribution in [3.05, 3.63) is 24.3 Å². The SMILES string of the molecule is C[C@@H]1C2CC(COC(=O)CCCCCN3C(=O)C=CC3=O)C1C1CC(COC(=O)CCCCCN3C(=O)C=CC3=O)CC12. The highest BCUT2D eigenvalue weighted by Gasteiger charge is 2.59. The summed E-state index contributed by atoms with van der Waals surface area (Å²) >= 11 is 0. The molecule has 43 heavy (non-hydrogen) atoms. The maximum Gasteiger partial charge on any atom is 0.305 e. The maximum atomic E-state index is 12.4. The van der Waals surface area contributed by atoms with E-state index in [1.165, 1.54) is 34.1 Å². The molecule has 3 saturated carbocycles. The third-order valence-corrected chi connectivity index (χ3v) is 10.5. The smallest absolute Gasteiger partial charge is 0.305 e. The molecule has 0 aromatic carbocycles. The van der Waals surface area contributed by atoms with Crippen molar-refractivity contribution in [2.24, 2.45) is 41.4 Å². The number of hydrogen-bond acceptors (Lipinski definition) is 8. The van der Waals surface area contributed by atoms with Gasteiger partial charge in [-0.2, -0.15) is 0 Å². The van der Waals surface area contributed by atoms with Gasteiger partial charge in [0, 0.05) is 50.2 Å². The van der Waals surface area contributed by atoms with Crippen molar-refractivity contribution < 1.29 is 38.2 Å². The van der Waals surface area contributed by atoms with Crippen LogP contribution in [0.1, 0.15) is 77.6 Å². The van der Waals surface area contributed by atoms with Gasteiger partial charge in [-0.05, 0) is 86.4 Å². The molecule has 2 heterocycles. The van der Waals surface area contributed by atoms with Gasteiger partial charge in [0.25, 0.3) is 23.6 Å². The molecule has 0 saturated heterocycles. The number of fused-ring (bicyclic) bond motifs is 5. The Kier molecular flexibility index (Phi) is 10.1. The number of carbonyl (C=O) groups is 6. The van der Waals surface area contributed by atoms with Gasteiger partial charge in [-0.3, -0.25) is 38.6 Å². The maximum absolute atomic E-state index is 12.4. The first-order valence-electron chi connectivity index (χ1n) is 16.1. The molecule has 6 unspecified atom stereocenters. The third kappa shape index (κ3) is 7.27. The number of ether oxygens (including phenoxy) is 2. The van der Waals surface area contributed by atoms with Crippen LogP contribution in [0.25, 0.3) is 0 Å². The highest BCUT2D eigenvalue weighted by Crippen LogP contribution is 2.64. The van der Waals surface area contributed by atoms with Crippen LogP contribution in [0.2, 0.25) is 0 Å². The second-order valence-corrected chi connectivity index (χ2v) is 13.1. The quantitative estimate of drug-likeness (QED) is 0.150. The van der Waals surface area contributed by atoms with Crippen LogP contribution in [0.5, 0.6) is 0 Å². The van der Waals surface area contributed by atoms with Gasteiger partial charge in [0.1, 0.15) is 0 Å². The lowest BCUT2D eigenvalue weighted by Crippen LogP contribution is -2.30. The first-order chi connectivity index (χ1) is 20.7. The predicted molar refractivity (Wildman–Crippen MR) is 155 cm³/mol. The Bertz CT molecular complexity index is 1140. The van der Waals surface area contributed by atoms with Gasteiger partial charge in [-0.1, -0.05) is 19.8 Å². The van der Waals surface area contributed by atoms with E-state index < -0.39 is 0 Å². The highest BCUT2D eigenvalue weighted by molar-refractivity contribution is 6.13. The lowest BCUT2D eigenvalue weighted by Gasteiger charge is -2.31. The van der Waals surface area contributed by atoms with Gasteiger partial charge < -0.3 is 9.47 Å². The number of carbonyl (C=O) groups excluding carboxylic acids is 6. The van der Waals surface area contributed by atoms with Crippen molar-refractivity contribution in [3.8, 4) is 0 Å². The van der Waals surface area contributed by atoms with Crippen LogP contribution < -0.4 is 0 Å². The van der Waals surface area contributed by atoms with Gasteiger partial charge in [-0.25, -0.2) is 0 Å². The Labute approximate surface area is 253 Å². The van der Waals surface area contributed by atoms with E-state index in [0.717, 1.165) is 32.1 Å². The molecule has 3 fully saturated rings. The van der Waals surface area contributed by atoms with E-state index >= 15 is 0 Å². The zero-order valence-corrected chi connectivity index (χ0v) is 25.1. The van der Waals surface area contributed by atoms with Crippen LogP contribution in [-0.4, -0.2) is 71.7 Å². The molecule has 0 radical (unpaired) electrons. The van der Waals surface area contributed by atoms with Crippen molar-refractivity contribution in [1.29, 1.82) is 0 Å². The average molecular weight is 597 g/mol. The summed E-state index contributed by atoms with van der Waals surface area (Å²) in [4.78, 5) is 73.6. The van der Waals surface area contributed by atoms with E-state index in [1.807, 2.05) is 0 Å². The molecule has 5 aliphatic rings. The van der Waals surface area contributed by atoms with Crippen molar-refractivity contribution in [2.75, 3.05) is 26.3 Å². The molecule has 0 N–H and O–H groups in total. The van der Waals surface area contributed by atoms with Crippen molar-refractivity contribution in [1.82, 2.24) is 9.80 Å². The first kappa shape index (κ1) is 31.1. The lowest BCUT2D eigenvalue weighted by molar-refractivity contribution is -0.146. The fourth-order valence-corrected chi connectivity index (χ4v) is 8.50. The third-order valence-electron chi connectivity index (χ3n) is 10.5. The van der Waals surface area contributed by atoms with Crippen LogP contribution >= 0.6 is 0 Å². The summed E-state index contributed by atoms with van der Waals surface area (Å²) in [6.07, 6.45) is 13.4. The number of rotatable bonds is 16. The Morgan fingerprint density at radius 2 is 1.14 bits per heavy atom. The minimum Gasteiger partial charge on any atom is -0.465 e. The number of unbranched alkanes of at least 4 members (excludes halogenated alkanes) is 4. The zero-order valence-electron chi connectivity index (χ0n) is 25.1. The predicted octanol–water partition coefficient (Wildman–Crippen LogP) is 3.59. The Morgan fingerprint density at radius 1 is 0.651 bits per heavy atom. The second kappa shape index (κ2) is 14.0. The molecule has 0 aromatic rings. The zero-order chi connectivity index (χ0) is 30.5. The van der Waals surface area contributed by atoms with Gasteiger partial charge in [0.15, 0.2) is 0 Å². The summed E-state index contributed by atoms with van der Waals surface area (Å²) in [5.74, 6) is 2.48. The monoisotopic (exact) mass is 596 g/mol. The van der Waals surface area contributed by atoms with Crippen molar-refractivity contribution in [3.63, 3.8) is 0 Å². The normalized spacial score (nSPS) is 30.7. The summed E-state index contributed by atoms with van der Waals surface area (Å²) in [7, 11) is 0. The van der Waals surface area contributed by atoms with E-state index in [1.54, 1.807) is 0 Å². The molecule has 10 nitrogen and oxygen atoms in total. The van der Waals surface area contributed by atoms with Crippen molar-refractivity contribution in [2.45, 2.75) is 77.6 Å². The van der Waals surface area contributed by atoms with Crippen LogP contribution in [0, 0.1) is 41.4 Å². The van der Waals surface area contributed by atoms with Crippen LogP contribution in [-0.2, 0) is 38.2 Å². The highest BCUT2D eigenvalue weighted by atomic mass is 16.5. The standard InChI is InChI=1S/C33H44N2O8/c1-21-24-18-23(20-43-32(41)9-5-3-7-15-35-29(38)12-13-30(35)39)33(21)26-17-22(16-25(24)26)19-42-31(40)8-4-2-6-14-34-27(36)10-11-28(34)37/h10-13,21-26,33H,2-9,14-20H2,1H3/t21-,22?,23?,24?,25?,26?,33?/m1/s1. The summed E-state index contributed by atoms with van der Waals surface area (Å²) < 4.78 is 11.4. The summed E-state index contributed by atoms with van der Waals surface area (Å²) in [5.41, 5.74) is 0. The molecule has 3 aliphatic carbocycles. The number of amides is 4. The lowest BCUT2D eigenvalue weighted by atomic mass is 9.76. The molecule has 2 bridgehead atoms. The molecule has 0 spiro atoms. The van der Waals surface area contributed by atoms with E-state index in [4.69, 9.17) is 9.47 Å². The first-order valence-corrected chi connectivity index (χ1v) is 16.1. The molecule has 4 amide bonds. The van der Waals surface area contributed by atoms with E-state index in [2.05, 4.69) is 6.92 Å². The Balaban J connectivity index is 0.932. The van der Waals surface area contributed by atoms with Gasteiger partial charge in [0.2, 0.25) is 0 Å². The Hall–Kier alpha value is -3.30. The molecule has 7 atom stereocenters. The molecule has 2 aliphatic heterocycles. The number of nitrogens with zero attached hydrogens (tertiary/aromatic N) is 2. The van der Waals surface area contributed by atoms with Crippen molar-refractivity contribution >= 4 is 35.6 Å². The van der Waals surface area contributed by atoms with Gasteiger partial charge in [-0.15, -0.1) is 0 Å². The van der Waals surface area contributed by atoms with Crippen LogP contribution in [0.4, 0.5) is 0 Å². The molecule has 5 rings (SSSR count). The molecule has 0 aromatic heterocycles. The largest absolute Gasteiger partial charge is 0.465 e. The van der Waals surface area contributed by atoms with Gasteiger partial charge >= 0.3 is 11.9 Å². The number of esters is 2. The molecule has 10 heteroatoms. The minimum absolute atomic E-state index is 0.173. The van der Waals surface area contributed by atoms with Gasteiger partial charge in [0.05, 0.1) is 13.2 Å². The van der Waals surface area contributed by atoms with E-state index in [9.17, 15) is 28.8 Å². The topological polar surface area (TPSA) is 127 Å². The van der Waals surface area contributed by atoms with E-state index in [0.29, 0.717) is 106 Å². The summed E-state index contributed by atoms with van der Waals surface area (Å²) in [6, 6.07) is 0. The summed E-state index contributed by atoms with van der Waals surface area (Å²) in [6.45, 7) is 4.07. The fraction of sp³-hybridized carbons (Fsp3) is 0.697. The van der Waals surface area contributed by atoms with Crippen LogP contribution in [0.3, 0.4) is 0 Å². The molecular formula is C33H44N2O8. The van der Waals surface area contributed by atoms with E-state index in [-0.39, 0.29) is 35.6 Å². The molecule has 234 valence electrons. The Morgan fingerprint density at radius 3 is 1.67 bits per heavy atom. The second-order valence-electron chi connectivity index (χ2n) is 13.1. The number of hydrogen-bond donors (Lipinski definition) is 0. The summed E-state index contributed by atoms with van der Waals surface area (Å²) in [5, 5.41) is 0. The number of imide groups is 2. The van der Waals surface area contributed by atoms with Crippen LogP contribution in [0.15, 0.2) is 24.3 Å². The molecular weight excluding hydrogens is 552 g/mol.